The SMILES string of the molecule is O=[N+]([O-])c1cc(C(F)(F)F)ccc1N/N=C\c1cc(I)c(OCc2ccc(F)cc2)c(I)c1. The van der Waals surface area contributed by atoms with E-state index in [1.54, 1.807) is 24.3 Å². The molecule has 1 N–H and O–H groups in total. The maximum absolute atomic E-state index is 13.0. The fourth-order valence-corrected chi connectivity index (χ4v) is 4.79. The first-order chi connectivity index (χ1) is 15.5. The van der Waals surface area contributed by atoms with Crippen LogP contribution in [0.3, 0.4) is 0 Å². The lowest BCUT2D eigenvalue weighted by molar-refractivity contribution is -0.384. The number of hydrazone groups is 1. The summed E-state index contributed by atoms with van der Waals surface area (Å²) in [4.78, 5) is 10.2. The summed E-state index contributed by atoms with van der Waals surface area (Å²) in [6, 6.07) is 11.6. The molecule has 3 rings (SSSR count). The first-order valence-corrected chi connectivity index (χ1v) is 11.2. The largest absolute Gasteiger partial charge is 0.487 e. The summed E-state index contributed by atoms with van der Waals surface area (Å²) >= 11 is 4.16. The zero-order chi connectivity index (χ0) is 24.2. The van der Waals surface area contributed by atoms with E-state index < -0.39 is 22.4 Å². The van der Waals surface area contributed by atoms with E-state index in [1.807, 2.05) is 0 Å². The lowest BCUT2D eigenvalue weighted by atomic mass is 10.1. The Kier molecular flexibility index (Phi) is 8.10. The third-order valence-electron chi connectivity index (χ3n) is 4.24. The molecule has 0 saturated carbocycles. The van der Waals surface area contributed by atoms with Gasteiger partial charge in [-0.2, -0.15) is 18.3 Å². The van der Waals surface area contributed by atoms with Crippen molar-refractivity contribution in [2.45, 2.75) is 12.8 Å². The smallest absolute Gasteiger partial charge is 0.416 e. The maximum Gasteiger partial charge on any atom is 0.416 e. The van der Waals surface area contributed by atoms with Gasteiger partial charge in [-0.1, -0.05) is 12.1 Å². The number of hydrogen-bond donors (Lipinski definition) is 1. The summed E-state index contributed by atoms with van der Waals surface area (Å²) in [5.41, 5.74) is 1.83. The first kappa shape index (κ1) is 25.1. The van der Waals surface area contributed by atoms with Gasteiger partial charge in [0.05, 0.1) is 23.8 Å². The van der Waals surface area contributed by atoms with Crippen LogP contribution in [-0.4, -0.2) is 11.1 Å². The Morgan fingerprint density at radius 1 is 1.06 bits per heavy atom. The number of rotatable bonds is 7. The van der Waals surface area contributed by atoms with Gasteiger partial charge < -0.3 is 4.74 Å². The highest BCUT2D eigenvalue weighted by Gasteiger charge is 2.33. The molecule has 0 unspecified atom stereocenters. The Hall–Kier alpha value is -2.49. The van der Waals surface area contributed by atoms with Crippen LogP contribution in [0.1, 0.15) is 16.7 Å². The van der Waals surface area contributed by atoms with Crippen molar-refractivity contribution >= 4 is 62.8 Å². The molecule has 0 saturated heterocycles. The number of anilines is 1. The predicted octanol–water partition coefficient (Wildman–Crippen LogP) is 6.99. The number of nitrogens with one attached hydrogen (secondary N) is 1. The highest BCUT2D eigenvalue weighted by molar-refractivity contribution is 14.1. The number of nitro benzene ring substituents is 1. The van der Waals surface area contributed by atoms with Crippen LogP contribution in [-0.2, 0) is 12.8 Å². The molecule has 0 radical (unpaired) electrons. The van der Waals surface area contributed by atoms with Crippen molar-refractivity contribution < 1.29 is 27.2 Å². The standard InChI is InChI=1S/C21H13F4I2N3O3/c22-15-4-1-12(2-5-15)11-33-20-16(26)7-13(8-17(20)27)10-28-29-18-6-3-14(21(23,24)25)9-19(18)30(31)32/h1-10,29H,11H2/b28-10-. The second-order valence-electron chi connectivity index (χ2n) is 6.59. The summed E-state index contributed by atoms with van der Waals surface area (Å²) in [6.45, 7) is 0.249. The van der Waals surface area contributed by atoms with Crippen molar-refractivity contribution in [3.63, 3.8) is 0 Å². The van der Waals surface area contributed by atoms with Crippen molar-refractivity contribution in [3.8, 4) is 5.75 Å². The summed E-state index contributed by atoms with van der Waals surface area (Å²) in [7, 11) is 0. The molecule has 0 fully saturated rings. The quantitative estimate of drug-likeness (QED) is 0.0958. The molecule has 33 heavy (non-hydrogen) atoms. The third-order valence-corrected chi connectivity index (χ3v) is 5.84. The van der Waals surface area contributed by atoms with Crippen molar-refractivity contribution in [1.82, 2.24) is 0 Å². The fraction of sp³-hybridized carbons (Fsp3) is 0.0952. The Morgan fingerprint density at radius 3 is 2.27 bits per heavy atom. The molecule has 3 aromatic rings. The molecule has 0 aliphatic heterocycles. The molecule has 0 aliphatic rings. The number of halogens is 6. The van der Waals surface area contributed by atoms with E-state index in [4.69, 9.17) is 4.74 Å². The molecule has 0 aliphatic carbocycles. The van der Waals surface area contributed by atoms with E-state index in [1.165, 1.54) is 18.3 Å². The predicted molar refractivity (Wildman–Crippen MR) is 132 cm³/mol. The van der Waals surface area contributed by atoms with E-state index in [-0.39, 0.29) is 18.1 Å². The molecule has 12 heteroatoms. The Balaban J connectivity index is 1.73. The average Bonchev–Trinajstić information content (AvgIpc) is 2.73. The minimum absolute atomic E-state index is 0.173. The molecule has 6 nitrogen and oxygen atoms in total. The number of nitro groups is 1. The van der Waals surface area contributed by atoms with Gasteiger partial charge in [0.25, 0.3) is 5.69 Å². The van der Waals surface area contributed by atoms with E-state index in [0.29, 0.717) is 17.4 Å². The monoisotopic (exact) mass is 685 g/mol. The number of hydrogen-bond acceptors (Lipinski definition) is 5. The summed E-state index contributed by atoms with van der Waals surface area (Å²) in [5, 5.41) is 15.1. The van der Waals surface area contributed by atoms with Crippen LogP contribution in [0.25, 0.3) is 0 Å². The minimum atomic E-state index is -4.69. The molecular formula is C21H13F4I2N3O3. The highest BCUT2D eigenvalue weighted by Crippen LogP contribution is 2.35. The van der Waals surface area contributed by atoms with Crippen LogP contribution < -0.4 is 10.2 Å². The van der Waals surface area contributed by atoms with Crippen molar-refractivity contribution in [1.29, 1.82) is 0 Å². The molecule has 0 heterocycles. The number of ether oxygens (including phenoxy) is 1. The van der Waals surface area contributed by atoms with E-state index in [0.717, 1.165) is 24.8 Å². The summed E-state index contributed by atoms with van der Waals surface area (Å²) in [6.07, 6.45) is -3.31. The molecular weight excluding hydrogens is 672 g/mol. The molecule has 0 spiro atoms. The van der Waals surface area contributed by atoms with E-state index >= 15 is 0 Å². The van der Waals surface area contributed by atoms with Crippen LogP contribution in [0.5, 0.6) is 5.75 Å². The minimum Gasteiger partial charge on any atom is -0.487 e. The van der Waals surface area contributed by atoms with Gasteiger partial charge in [-0.25, -0.2) is 4.39 Å². The van der Waals surface area contributed by atoms with Crippen LogP contribution in [0.4, 0.5) is 28.9 Å². The van der Waals surface area contributed by atoms with Gasteiger partial charge >= 0.3 is 6.18 Å². The molecule has 0 bridgehead atoms. The number of alkyl halides is 3. The number of nitrogens with zero attached hydrogens (tertiary/aromatic N) is 2. The van der Waals surface area contributed by atoms with Crippen molar-refractivity contribution in [2.24, 2.45) is 5.10 Å². The summed E-state index contributed by atoms with van der Waals surface area (Å²) < 4.78 is 58.8. The van der Waals surface area contributed by atoms with Crippen LogP contribution in [0.2, 0.25) is 0 Å². The van der Waals surface area contributed by atoms with Gasteiger partial charge in [0.2, 0.25) is 0 Å². The Morgan fingerprint density at radius 2 is 1.70 bits per heavy atom. The molecule has 172 valence electrons. The van der Waals surface area contributed by atoms with E-state index in [9.17, 15) is 27.7 Å². The fourth-order valence-electron chi connectivity index (χ4n) is 2.66. The lowest BCUT2D eigenvalue weighted by Crippen LogP contribution is -2.06. The Labute approximate surface area is 212 Å². The normalized spacial score (nSPS) is 11.6. The Bertz CT molecular complexity index is 1180. The second-order valence-corrected chi connectivity index (χ2v) is 8.91. The number of benzene rings is 3. The topological polar surface area (TPSA) is 76.8 Å². The van der Waals surface area contributed by atoms with Crippen LogP contribution in [0.15, 0.2) is 59.7 Å². The second kappa shape index (κ2) is 10.6. The molecule has 0 atom stereocenters. The average molecular weight is 685 g/mol. The van der Waals surface area contributed by atoms with Crippen molar-refractivity contribution in [2.75, 3.05) is 5.43 Å². The van der Waals surface area contributed by atoms with Gasteiger partial charge in [0.1, 0.15) is 23.9 Å². The lowest BCUT2D eigenvalue weighted by Gasteiger charge is -2.11. The van der Waals surface area contributed by atoms with Crippen molar-refractivity contribution in [3.05, 3.63) is 94.4 Å². The van der Waals surface area contributed by atoms with Gasteiger partial charge in [-0.3, -0.25) is 15.5 Å². The zero-order valence-corrected chi connectivity index (χ0v) is 20.7. The van der Waals surface area contributed by atoms with Gasteiger partial charge in [0.15, 0.2) is 0 Å². The van der Waals surface area contributed by atoms with Crippen LogP contribution >= 0.6 is 45.2 Å². The molecule has 0 aromatic heterocycles. The third kappa shape index (κ3) is 6.75. The molecule has 0 amide bonds. The highest BCUT2D eigenvalue weighted by atomic mass is 127. The first-order valence-electron chi connectivity index (χ1n) is 9.05. The summed E-state index contributed by atoms with van der Waals surface area (Å²) in [5.74, 6) is 0.297. The van der Waals surface area contributed by atoms with Gasteiger partial charge in [-0.05, 0) is 92.7 Å². The van der Waals surface area contributed by atoms with Gasteiger partial charge in [0, 0.05) is 6.07 Å². The zero-order valence-electron chi connectivity index (χ0n) is 16.4. The van der Waals surface area contributed by atoms with Gasteiger partial charge in [-0.15, -0.1) is 0 Å². The van der Waals surface area contributed by atoms with Crippen LogP contribution in [0, 0.1) is 23.1 Å². The maximum atomic E-state index is 13.0. The van der Waals surface area contributed by atoms with E-state index in [2.05, 4.69) is 55.7 Å². The molecule has 3 aromatic carbocycles.